The van der Waals surface area contributed by atoms with Gasteiger partial charge in [0.05, 0.1) is 0 Å². The monoisotopic (exact) mass is 392 g/mol. The molecule has 1 aliphatic rings. The lowest BCUT2D eigenvalue weighted by Crippen LogP contribution is -2.40. The summed E-state index contributed by atoms with van der Waals surface area (Å²) in [4.78, 5) is 2.63. The number of rotatable bonds is 6. The van der Waals surface area contributed by atoms with Gasteiger partial charge in [0.1, 0.15) is 0 Å². The molecule has 0 saturated carbocycles. The molecule has 2 N–H and O–H groups in total. The van der Waals surface area contributed by atoms with Gasteiger partial charge in [-0.3, -0.25) is 4.90 Å². The Morgan fingerprint density at radius 1 is 1.08 bits per heavy atom. The molecule has 0 aromatic heterocycles. The lowest BCUT2D eigenvalue weighted by molar-refractivity contribution is 0.199. The van der Waals surface area contributed by atoms with E-state index in [1.54, 1.807) is 0 Å². The van der Waals surface area contributed by atoms with Gasteiger partial charge in [0.25, 0.3) is 0 Å². The van der Waals surface area contributed by atoms with Gasteiger partial charge in [-0.15, -0.1) is 24.8 Å². The maximum absolute atomic E-state index is 6.14. The number of benzene rings is 2. The van der Waals surface area contributed by atoms with Crippen LogP contribution in [-0.4, -0.2) is 24.0 Å². The van der Waals surface area contributed by atoms with Crippen molar-refractivity contribution in [1.82, 2.24) is 4.90 Å². The van der Waals surface area contributed by atoms with Gasteiger partial charge < -0.3 is 5.73 Å². The van der Waals surface area contributed by atoms with Crippen molar-refractivity contribution in [3.8, 4) is 0 Å². The zero-order chi connectivity index (χ0) is 16.8. The molecule has 2 nitrogen and oxygen atoms in total. The molecule has 2 aromatic rings. The highest BCUT2D eigenvalue weighted by Crippen LogP contribution is 2.28. The van der Waals surface area contributed by atoms with E-state index in [4.69, 9.17) is 5.73 Å². The third kappa shape index (κ3) is 5.77. The van der Waals surface area contributed by atoms with E-state index < -0.39 is 0 Å². The molecule has 1 atom stereocenters. The Morgan fingerprint density at radius 2 is 1.85 bits per heavy atom. The van der Waals surface area contributed by atoms with Gasteiger partial charge in [-0.1, -0.05) is 61.5 Å². The number of nitrogens with zero attached hydrogens (tertiary/aromatic N) is 1. The van der Waals surface area contributed by atoms with Crippen LogP contribution in [0.3, 0.4) is 0 Å². The second-order valence-electron chi connectivity index (χ2n) is 6.69. The van der Waals surface area contributed by atoms with Crippen molar-refractivity contribution in [2.75, 3.05) is 18.8 Å². The van der Waals surface area contributed by atoms with Crippen LogP contribution in [0.2, 0.25) is 0 Å². The smallest absolute Gasteiger partial charge is 0.0349 e. The van der Waals surface area contributed by atoms with E-state index in [9.17, 15) is 0 Å². The number of nitrogens with two attached hydrogens (primary N) is 1. The zero-order valence-corrected chi connectivity index (χ0v) is 17.1. The van der Waals surface area contributed by atoms with E-state index in [0.29, 0.717) is 6.04 Å². The molecule has 1 aliphatic carbocycles. The van der Waals surface area contributed by atoms with Gasteiger partial charge in [-0.2, -0.15) is 0 Å². The number of halogens is 2. The van der Waals surface area contributed by atoms with Crippen LogP contribution >= 0.6 is 24.8 Å². The Labute approximate surface area is 170 Å². The fourth-order valence-corrected chi connectivity index (χ4v) is 3.73. The van der Waals surface area contributed by atoms with Crippen LogP contribution in [0.25, 0.3) is 6.08 Å². The molecule has 0 fully saturated rings. The molecule has 142 valence electrons. The second kappa shape index (κ2) is 11.3. The quantitative estimate of drug-likeness (QED) is 0.667. The highest BCUT2D eigenvalue weighted by Gasteiger charge is 2.24. The van der Waals surface area contributed by atoms with Crippen LogP contribution in [-0.2, 0) is 12.8 Å². The first-order chi connectivity index (χ1) is 11.8. The van der Waals surface area contributed by atoms with Gasteiger partial charge in [-0.05, 0) is 55.0 Å². The molecule has 0 aliphatic heterocycles. The molecular weight excluding hydrogens is 363 g/mol. The standard InChI is InChI=1S/C22H28N2.2ClH/c1-2-15-24(16-7-10-18-8-4-3-5-9-18)20-13-14-21-19(17-20)11-6-12-22(21)23;;/h3-12,20H,2,13-17,23H2,1H3;2*1H/b10-7-;;. The Morgan fingerprint density at radius 3 is 2.58 bits per heavy atom. The minimum Gasteiger partial charge on any atom is -0.398 e. The van der Waals surface area contributed by atoms with Crippen molar-refractivity contribution >= 4 is 36.6 Å². The fraction of sp³-hybridized carbons (Fsp3) is 0.364. The van der Waals surface area contributed by atoms with Crippen molar-refractivity contribution < 1.29 is 0 Å². The van der Waals surface area contributed by atoms with Gasteiger partial charge in [0.15, 0.2) is 0 Å². The van der Waals surface area contributed by atoms with Crippen molar-refractivity contribution in [3.05, 3.63) is 71.3 Å². The first kappa shape index (κ1) is 22.6. The number of nitrogen functional groups attached to an aromatic ring is 1. The highest BCUT2D eigenvalue weighted by molar-refractivity contribution is 5.85. The summed E-state index contributed by atoms with van der Waals surface area (Å²) in [6.45, 7) is 4.44. The molecule has 0 saturated heterocycles. The topological polar surface area (TPSA) is 29.3 Å². The first-order valence-electron chi connectivity index (χ1n) is 9.09. The summed E-state index contributed by atoms with van der Waals surface area (Å²) in [6.07, 6.45) is 9.17. The summed E-state index contributed by atoms with van der Waals surface area (Å²) in [5, 5.41) is 0. The van der Waals surface area contributed by atoms with Crippen LogP contribution in [0.4, 0.5) is 5.69 Å². The molecular formula is C22H30Cl2N2. The average Bonchev–Trinajstić information content (AvgIpc) is 2.62. The predicted molar refractivity (Wildman–Crippen MR) is 119 cm³/mol. The Bertz CT molecular complexity index is 686. The van der Waals surface area contributed by atoms with E-state index in [1.165, 1.54) is 29.5 Å². The summed E-state index contributed by atoms with van der Waals surface area (Å²) in [5.74, 6) is 0. The molecule has 3 rings (SSSR count). The number of hydrogen-bond acceptors (Lipinski definition) is 2. The van der Waals surface area contributed by atoms with Crippen molar-refractivity contribution in [2.45, 2.75) is 38.6 Å². The van der Waals surface area contributed by atoms with Gasteiger partial charge >= 0.3 is 0 Å². The third-order valence-electron chi connectivity index (χ3n) is 4.97. The Hall–Kier alpha value is -1.48. The largest absolute Gasteiger partial charge is 0.398 e. The number of anilines is 1. The lowest BCUT2D eigenvalue weighted by atomic mass is 9.86. The van der Waals surface area contributed by atoms with Crippen LogP contribution in [0, 0.1) is 0 Å². The summed E-state index contributed by atoms with van der Waals surface area (Å²) in [6, 6.07) is 17.5. The molecule has 0 amide bonds. The first-order valence-corrected chi connectivity index (χ1v) is 9.09. The molecule has 0 bridgehead atoms. The maximum atomic E-state index is 6.14. The summed E-state index contributed by atoms with van der Waals surface area (Å²) >= 11 is 0. The van der Waals surface area contributed by atoms with Crippen molar-refractivity contribution in [3.63, 3.8) is 0 Å². The average molecular weight is 393 g/mol. The lowest BCUT2D eigenvalue weighted by Gasteiger charge is -2.35. The van der Waals surface area contributed by atoms with Crippen LogP contribution < -0.4 is 5.73 Å². The molecule has 2 aromatic carbocycles. The predicted octanol–water partition coefficient (Wildman–Crippen LogP) is 5.40. The van der Waals surface area contributed by atoms with E-state index in [2.05, 4.69) is 66.4 Å². The third-order valence-corrected chi connectivity index (χ3v) is 4.97. The Balaban J connectivity index is 0.00000169. The minimum atomic E-state index is 0. The van der Waals surface area contributed by atoms with Gasteiger partial charge in [0, 0.05) is 18.3 Å². The summed E-state index contributed by atoms with van der Waals surface area (Å²) in [5.41, 5.74) is 11.2. The van der Waals surface area contributed by atoms with Crippen LogP contribution in [0.1, 0.15) is 36.5 Å². The minimum absolute atomic E-state index is 0. The normalized spacial score (nSPS) is 16.0. The second-order valence-corrected chi connectivity index (χ2v) is 6.69. The van der Waals surface area contributed by atoms with Gasteiger partial charge in [-0.25, -0.2) is 0 Å². The Kier molecular flexibility index (Phi) is 9.79. The number of fused-ring (bicyclic) bond motifs is 1. The molecule has 0 spiro atoms. The van der Waals surface area contributed by atoms with E-state index in [-0.39, 0.29) is 24.8 Å². The fourth-order valence-electron chi connectivity index (χ4n) is 3.73. The molecule has 1 unspecified atom stereocenters. The molecule has 0 heterocycles. The molecule has 26 heavy (non-hydrogen) atoms. The highest BCUT2D eigenvalue weighted by atomic mass is 35.5. The zero-order valence-electron chi connectivity index (χ0n) is 15.4. The van der Waals surface area contributed by atoms with E-state index in [0.717, 1.165) is 31.6 Å². The van der Waals surface area contributed by atoms with Crippen LogP contribution in [0.15, 0.2) is 54.6 Å². The molecule has 4 heteroatoms. The molecule has 0 radical (unpaired) electrons. The SMILES string of the molecule is CCCN(C/C=C\c1ccccc1)C1CCc2c(N)cccc2C1.Cl.Cl. The van der Waals surface area contributed by atoms with Crippen molar-refractivity contribution in [2.24, 2.45) is 0 Å². The summed E-state index contributed by atoms with van der Waals surface area (Å²) < 4.78 is 0. The van der Waals surface area contributed by atoms with Gasteiger partial charge in [0.2, 0.25) is 0 Å². The van der Waals surface area contributed by atoms with Crippen molar-refractivity contribution in [1.29, 1.82) is 0 Å². The van der Waals surface area contributed by atoms with E-state index >= 15 is 0 Å². The number of hydrogen-bond donors (Lipinski definition) is 1. The summed E-state index contributed by atoms with van der Waals surface area (Å²) in [7, 11) is 0. The van der Waals surface area contributed by atoms with Crippen LogP contribution in [0.5, 0.6) is 0 Å². The van der Waals surface area contributed by atoms with E-state index in [1.807, 2.05) is 6.07 Å². The maximum Gasteiger partial charge on any atom is 0.0349 e.